The molecular weight excluding hydrogens is 280 g/mol. The van der Waals surface area contributed by atoms with Crippen molar-refractivity contribution in [3.63, 3.8) is 0 Å². The number of hydrogen-bond acceptors (Lipinski definition) is 4. The highest BCUT2D eigenvalue weighted by molar-refractivity contribution is 7.13. The van der Waals surface area contributed by atoms with E-state index in [0.717, 1.165) is 36.5 Å². The van der Waals surface area contributed by atoms with Crippen molar-refractivity contribution >= 4 is 11.3 Å². The van der Waals surface area contributed by atoms with Crippen molar-refractivity contribution in [3.05, 3.63) is 29.9 Å². The Labute approximate surface area is 129 Å². The lowest BCUT2D eigenvalue weighted by molar-refractivity contribution is 0.320. The summed E-state index contributed by atoms with van der Waals surface area (Å²) in [6.07, 6.45) is 7.14. The van der Waals surface area contributed by atoms with Gasteiger partial charge in [-0.25, -0.2) is 4.98 Å². The Morgan fingerprint density at radius 3 is 3.05 bits per heavy atom. The molecular formula is C16H20N4S. The quantitative estimate of drug-likeness (QED) is 0.853. The van der Waals surface area contributed by atoms with Crippen molar-refractivity contribution in [2.75, 3.05) is 6.54 Å². The minimum atomic E-state index is -0.456. The molecule has 0 bridgehead atoms. The first-order chi connectivity index (χ1) is 10.3. The molecule has 0 radical (unpaired) electrons. The average Bonchev–Trinajstić information content (AvgIpc) is 3.04. The maximum atomic E-state index is 9.79. The highest BCUT2D eigenvalue weighted by Gasteiger charge is 2.45. The van der Waals surface area contributed by atoms with Crippen LogP contribution in [-0.4, -0.2) is 21.6 Å². The zero-order valence-corrected chi connectivity index (χ0v) is 13.1. The summed E-state index contributed by atoms with van der Waals surface area (Å²) in [4.78, 5) is 5.62. The number of nitriles is 1. The molecule has 1 aliphatic carbocycles. The van der Waals surface area contributed by atoms with E-state index >= 15 is 0 Å². The molecule has 4 nitrogen and oxygen atoms in total. The van der Waals surface area contributed by atoms with Crippen LogP contribution < -0.4 is 5.32 Å². The molecule has 1 N–H and O–H groups in total. The number of nitrogens with zero attached hydrogens (tertiary/aromatic N) is 3. The van der Waals surface area contributed by atoms with E-state index in [1.165, 1.54) is 0 Å². The zero-order valence-electron chi connectivity index (χ0n) is 12.2. The fraction of sp³-hybridized carbons (Fsp3) is 0.500. The van der Waals surface area contributed by atoms with Gasteiger partial charge in [0.15, 0.2) is 0 Å². The van der Waals surface area contributed by atoms with E-state index in [2.05, 4.69) is 39.3 Å². The molecule has 1 fully saturated rings. The SMILES string of the molecule is CCCNC(C#N)(Cn1ccnc1-c1cccs1)C1CC1. The van der Waals surface area contributed by atoms with E-state index < -0.39 is 5.54 Å². The summed E-state index contributed by atoms with van der Waals surface area (Å²) in [5.74, 6) is 1.43. The van der Waals surface area contributed by atoms with Crippen molar-refractivity contribution in [3.8, 4) is 16.8 Å². The predicted octanol–water partition coefficient (Wildman–Crippen LogP) is 3.28. The second kappa shape index (κ2) is 6.00. The molecule has 5 heteroatoms. The van der Waals surface area contributed by atoms with Crippen LogP contribution in [0.4, 0.5) is 0 Å². The van der Waals surface area contributed by atoms with Gasteiger partial charge in [0.2, 0.25) is 0 Å². The first kappa shape index (κ1) is 14.3. The number of imidazole rings is 1. The van der Waals surface area contributed by atoms with Gasteiger partial charge in [-0.15, -0.1) is 11.3 Å². The topological polar surface area (TPSA) is 53.6 Å². The minimum absolute atomic E-state index is 0.456. The third-order valence-electron chi connectivity index (χ3n) is 4.04. The molecule has 2 aromatic heterocycles. The van der Waals surface area contributed by atoms with Crippen LogP contribution in [0.25, 0.3) is 10.7 Å². The monoisotopic (exact) mass is 300 g/mol. The van der Waals surface area contributed by atoms with Crippen LogP contribution in [0.5, 0.6) is 0 Å². The van der Waals surface area contributed by atoms with Gasteiger partial charge in [0.25, 0.3) is 0 Å². The summed E-state index contributed by atoms with van der Waals surface area (Å²) in [5.41, 5.74) is -0.456. The lowest BCUT2D eigenvalue weighted by Gasteiger charge is -2.29. The molecule has 21 heavy (non-hydrogen) atoms. The molecule has 3 rings (SSSR count). The van der Waals surface area contributed by atoms with Crippen molar-refractivity contribution in [1.29, 1.82) is 5.26 Å². The Morgan fingerprint density at radius 1 is 1.57 bits per heavy atom. The Hall–Kier alpha value is -1.64. The van der Waals surface area contributed by atoms with Crippen molar-refractivity contribution in [2.45, 2.75) is 38.3 Å². The molecule has 1 unspecified atom stereocenters. The smallest absolute Gasteiger partial charge is 0.150 e. The standard InChI is InChI=1S/C16H20N4S/c1-2-7-19-16(11-17,13-5-6-13)12-20-9-8-18-15(20)14-4-3-10-21-14/h3-4,8-10,13,19H,2,5-7,12H2,1H3. The summed E-state index contributed by atoms with van der Waals surface area (Å²) in [6.45, 7) is 3.69. The average molecular weight is 300 g/mol. The lowest BCUT2D eigenvalue weighted by atomic mass is 9.94. The van der Waals surface area contributed by atoms with Crippen molar-refractivity contribution in [2.24, 2.45) is 5.92 Å². The molecule has 0 spiro atoms. The fourth-order valence-electron chi connectivity index (χ4n) is 2.76. The first-order valence-electron chi connectivity index (χ1n) is 7.50. The van der Waals surface area contributed by atoms with Crippen LogP contribution in [0, 0.1) is 17.2 Å². The fourth-order valence-corrected chi connectivity index (χ4v) is 3.49. The Balaban J connectivity index is 1.87. The lowest BCUT2D eigenvalue weighted by Crippen LogP contribution is -2.49. The van der Waals surface area contributed by atoms with Crippen molar-refractivity contribution < 1.29 is 0 Å². The van der Waals surface area contributed by atoms with Gasteiger partial charge in [-0.1, -0.05) is 13.0 Å². The summed E-state index contributed by atoms with van der Waals surface area (Å²) in [6, 6.07) is 6.68. The van der Waals surface area contributed by atoms with E-state index in [9.17, 15) is 5.26 Å². The largest absolute Gasteiger partial charge is 0.327 e. The minimum Gasteiger partial charge on any atom is -0.327 e. The number of aromatic nitrogens is 2. The molecule has 2 aromatic rings. The third-order valence-corrected chi connectivity index (χ3v) is 4.91. The van der Waals surface area contributed by atoms with Gasteiger partial charge in [0, 0.05) is 12.4 Å². The van der Waals surface area contributed by atoms with E-state index in [-0.39, 0.29) is 0 Å². The van der Waals surface area contributed by atoms with Crippen LogP contribution in [0.15, 0.2) is 29.9 Å². The Morgan fingerprint density at radius 2 is 2.43 bits per heavy atom. The zero-order chi connectivity index (χ0) is 14.7. The number of thiophene rings is 1. The summed E-state index contributed by atoms with van der Waals surface area (Å²) in [5, 5.41) is 15.3. The van der Waals surface area contributed by atoms with Gasteiger partial charge >= 0.3 is 0 Å². The maximum absolute atomic E-state index is 9.79. The highest BCUT2D eigenvalue weighted by Crippen LogP contribution is 2.41. The molecule has 0 saturated heterocycles. The van der Waals surface area contributed by atoms with E-state index in [4.69, 9.17) is 0 Å². The van der Waals surface area contributed by atoms with Gasteiger partial charge in [-0.05, 0) is 43.2 Å². The first-order valence-corrected chi connectivity index (χ1v) is 8.38. The molecule has 0 aliphatic heterocycles. The van der Waals surface area contributed by atoms with E-state index in [1.54, 1.807) is 11.3 Å². The van der Waals surface area contributed by atoms with Crippen LogP contribution in [0.3, 0.4) is 0 Å². The third kappa shape index (κ3) is 2.87. The highest BCUT2D eigenvalue weighted by atomic mass is 32.1. The molecule has 2 heterocycles. The van der Waals surface area contributed by atoms with Crippen LogP contribution in [0.2, 0.25) is 0 Å². The molecule has 1 atom stereocenters. The Bertz CT molecular complexity index is 621. The van der Waals surface area contributed by atoms with E-state index in [0.29, 0.717) is 12.5 Å². The van der Waals surface area contributed by atoms with Gasteiger partial charge in [0.1, 0.15) is 11.4 Å². The van der Waals surface area contributed by atoms with Gasteiger partial charge < -0.3 is 4.57 Å². The Kier molecular flexibility index (Phi) is 4.09. The predicted molar refractivity (Wildman–Crippen MR) is 84.9 cm³/mol. The normalized spacial score (nSPS) is 17.3. The molecule has 1 saturated carbocycles. The van der Waals surface area contributed by atoms with Crippen molar-refractivity contribution in [1.82, 2.24) is 14.9 Å². The number of rotatable bonds is 7. The number of nitrogens with one attached hydrogen (secondary N) is 1. The van der Waals surface area contributed by atoms with Crippen LogP contribution in [0.1, 0.15) is 26.2 Å². The summed E-state index contributed by atoms with van der Waals surface area (Å²) in [7, 11) is 0. The number of hydrogen-bond donors (Lipinski definition) is 1. The van der Waals surface area contributed by atoms with Crippen LogP contribution in [-0.2, 0) is 6.54 Å². The molecule has 0 aromatic carbocycles. The van der Waals surface area contributed by atoms with E-state index in [1.807, 2.05) is 18.5 Å². The molecule has 1 aliphatic rings. The summed E-state index contributed by atoms with van der Waals surface area (Å²) < 4.78 is 2.12. The second-order valence-electron chi connectivity index (χ2n) is 5.64. The van der Waals surface area contributed by atoms with Gasteiger partial charge in [-0.3, -0.25) is 5.32 Å². The van der Waals surface area contributed by atoms with Crippen LogP contribution >= 0.6 is 11.3 Å². The summed E-state index contributed by atoms with van der Waals surface area (Å²) >= 11 is 1.68. The molecule has 110 valence electrons. The van der Waals surface area contributed by atoms with Gasteiger partial charge in [-0.2, -0.15) is 5.26 Å². The molecule has 0 amide bonds. The van der Waals surface area contributed by atoms with Gasteiger partial charge in [0.05, 0.1) is 17.5 Å². The maximum Gasteiger partial charge on any atom is 0.150 e. The second-order valence-corrected chi connectivity index (χ2v) is 6.59.